The molecule has 24 heavy (non-hydrogen) atoms. The quantitative estimate of drug-likeness (QED) is 0.784. The molecule has 2 atom stereocenters. The molecular formula is C21H26N2O. The number of nitrogens with one attached hydrogen (secondary N) is 2. The van der Waals surface area contributed by atoms with Gasteiger partial charge in [0.05, 0.1) is 12.2 Å². The Kier molecular flexibility index (Phi) is 4.91. The molecule has 0 aliphatic carbocycles. The minimum atomic E-state index is -0.00694. The fourth-order valence-electron chi connectivity index (χ4n) is 3.15. The molecule has 3 rings (SSSR count). The fourth-order valence-corrected chi connectivity index (χ4v) is 3.15. The van der Waals surface area contributed by atoms with Crippen molar-refractivity contribution in [1.82, 2.24) is 10.6 Å². The first-order valence-electron chi connectivity index (χ1n) is 8.62. The summed E-state index contributed by atoms with van der Waals surface area (Å²) in [6.07, 6.45) is 3.36. The SMILES string of the molecule is Cc1ccc(C2=CC(c3ccccc3O)NC(CC(C)C)N2)cc1. The predicted molar refractivity (Wildman–Crippen MR) is 99.5 cm³/mol. The van der Waals surface area contributed by atoms with E-state index in [1.807, 2.05) is 18.2 Å². The van der Waals surface area contributed by atoms with Gasteiger partial charge in [-0.15, -0.1) is 0 Å². The Morgan fingerprint density at radius 1 is 1.04 bits per heavy atom. The highest BCUT2D eigenvalue weighted by Gasteiger charge is 2.24. The number of aromatic hydroxyl groups is 1. The van der Waals surface area contributed by atoms with Crippen LogP contribution in [0.5, 0.6) is 5.75 Å². The maximum atomic E-state index is 10.2. The van der Waals surface area contributed by atoms with Crippen molar-refractivity contribution in [3.05, 3.63) is 71.3 Å². The van der Waals surface area contributed by atoms with E-state index in [2.05, 4.69) is 61.7 Å². The summed E-state index contributed by atoms with van der Waals surface area (Å²) in [7, 11) is 0. The maximum Gasteiger partial charge on any atom is 0.120 e. The van der Waals surface area contributed by atoms with Crippen LogP contribution in [0.25, 0.3) is 5.70 Å². The van der Waals surface area contributed by atoms with Gasteiger partial charge in [0.15, 0.2) is 0 Å². The summed E-state index contributed by atoms with van der Waals surface area (Å²) in [5.41, 5.74) is 4.46. The second-order valence-electron chi connectivity index (χ2n) is 6.98. The highest BCUT2D eigenvalue weighted by atomic mass is 16.3. The number of aryl methyl sites for hydroxylation is 1. The Balaban J connectivity index is 1.96. The molecule has 1 aliphatic heterocycles. The monoisotopic (exact) mass is 322 g/mol. The zero-order valence-corrected chi connectivity index (χ0v) is 14.6. The van der Waals surface area contributed by atoms with E-state index in [0.29, 0.717) is 11.7 Å². The van der Waals surface area contributed by atoms with Crippen molar-refractivity contribution in [2.24, 2.45) is 5.92 Å². The Hall–Kier alpha value is -2.26. The molecule has 0 aromatic heterocycles. The summed E-state index contributed by atoms with van der Waals surface area (Å²) in [5, 5.41) is 17.4. The van der Waals surface area contributed by atoms with Gasteiger partial charge in [0.2, 0.25) is 0 Å². The first kappa shape index (κ1) is 16.6. The van der Waals surface area contributed by atoms with Gasteiger partial charge in [-0.1, -0.05) is 61.9 Å². The number of para-hydroxylation sites is 1. The van der Waals surface area contributed by atoms with Gasteiger partial charge in [0.1, 0.15) is 5.75 Å². The maximum absolute atomic E-state index is 10.2. The molecule has 0 fully saturated rings. The lowest BCUT2D eigenvalue weighted by molar-refractivity contribution is 0.357. The van der Waals surface area contributed by atoms with E-state index in [9.17, 15) is 5.11 Å². The zero-order chi connectivity index (χ0) is 17.1. The second-order valence-corrected chi connectivity index (χ2v) is 6.98. The van der Waals surface area contributed by atoms with Crippen LogP contribution in [-0.2, 0) is 0 Å². The molecule has 3 heteroatoms. The van der Waals surface area contributed by atoms with Crippen LogP contribution in [0.4, 0.5) is 0 Å². The van der Waals surface area contributed by atoms with Crippen molar-refractivity contribution in [2.45, 2.75) is 39.4 Å². The van der Waals surface area contributed by atoms with Crippen molar-refractivity contribution in [3.63, 3.8) is 0 Å². The first-order valence-corrected chi connectivity index (χ1v) is 8.62. The summed E-state index contributed by atoms with van der Waals surface area (Å²) in [6, 6.07) is 16.1. The topological polar surface area (TPSA) is 44.3 Å². The number of hydrogen-bond acceptors (Lipinski definition) is 3. The highest BCUT2D eigenvalue weighted by Crippen LogP contribution is 2.30. The van der Waals surface area contributed by atoms with Gasteiger partial charge in [-0.25, -0.2) is 0 Å². The summed E-state index contributed by atoms with van der Waals surface area (Å²) < 4.78 is 0. The van der Waals surface area contributed by atoms with Crippen LogP contribution in [0.15, 0.2) is 54.6 Å². The molecule has 0 amide bonds. The van der Waals surface area contributed by atoms with Crippen molar-refractivity contribution in [3.8, 4) is 5.75 Å². The standard InChI is InChI=1S/C21H26N2O/c1-14(2)12-21-22-18(16-10-8-15(3)9-11-16)13-19(23-21)17-6-4-5-7-20(17)24/h4-11,13-14,19,21-24H,12H2,1-3H3. The zero-order valence-electron chi connectivity index (χ0n) is 14.6. The van der Waals surface area contributed by atoms with E-state index in [-0.39, 0.29) is 12.2 Å². The molecule has 3 N–H and O–H groups in total. The van der Waals surface area contributed by atoms with E-state index < -0.39 is 0 Å². The molecule has 1 heterocycles. The molecule has 1 aliphatic rings. The molecule has 3 nitrogen and oxygen atoms in total. The van der Waals surface area contributed by atoms with Gasteiger partial charge in [-0.3, -0.25) is 5.32 Å². The Morgan fingerprint density at radius 3 is 2.42 bits per heavy atom. The first-order chi connectivity index (χ1) is 11.5. The van der Waals surface area contributed by atoms with Gasteiger partial charge < -0.3 is 10.4 Å². The third-order valence-electron chi connectivity index (χ3n) is 4.39. The van der Waals surface area contributed by atoms with Crippen molar-refractivity contribution >= 4 is 5.70 Å². The van der Waals surface area contributed by atoms with Gasteiger partial charge >= 0.3 is 0 Å². The molecule has 0 radical (unpaired) electrons. The summed E-state index contributed by atoms with van der Waals surface area (Å²) >= 11 is 0. The molecule has 0 saturated heterocycles. The lowest BCUT2D eigenvalue weighted by atomic mass is 9.97. The number of phenols is 1. The highest BCUT2D eigenvalue weighted by molar-refractivity contribution is 5.66. The van der Waals surface area contributed by atoms with Crippen LogP contribution >= 0.6 is 0 Å². The summed E-state index contributed by atoms with van der Waals surface area (Å²) in [4.78, 5) is 0. The van der Waals surface area contributed by atoms with Crippen LogP contribution < -0.4 is 10.6 Å². The largest absolute Gasteiger partial charge is 0.508 e. The van der Waals surface area contributed by atoms with Crippen LogP contribution in [-0.4, -0.2) is 11.3 Å². The molecule has 0 saturated carbocycles. The van der Waals surface area contributed by atoms with Crippen molar-refractivity contribution in [1.29, 1.82) is 0 Å². The molecule has 2 unspecified atom stereocenters. The van der Waals surface area contributed by atoms with E-state index in [0.717, 1.165) is 17.7 Å². The van der Waals surface area contributed by atoms with Gasteiger partial charge in [-0.2, -0.15) is 0 Å². The van der Waals surface area contributed by atoms with E-state index in [1.54, 1.807) is 6.07 Å². The number of hydrogen-bond donors (Lipinski definition) is 3. The lowest BCUT2D eigenvalue weighted by Gasteiger charge is -2.34. The van der Waals surface area contributed by atoms with E-state index in [1.165, 1.54) is 11.1 Å². The third-order valence-corrected chi connectivity index (χ3v) is 4.39. The average molecular weight is 322 g/mol. The minimum Gasteiger partial charge on any atom is -0.508 e. The summed E-state index contributed by atoms with van der Waals surface area (Å²) in [5.74, 6) is 0.914. The number of rotatable bonds is 4. The summed E-state index contributed by atoms with van der Waals surface area (Å²) in [6.45, 7) is 6.55. The Morgan fingerprint density at radius 2 is 1.75 bits per heavy atom. The molecule has 2 aromatic carbocycles. The molecule has 0 spiro atoms. The smallest absolute Gasteiger partial charge is 0.120 e. The van der Waals surface area contributed by atoms with Gasteiger partial charge in [0, 0.05) is 11.3 Å². The predicted octanol–water partition coefficient (Wildman–Crippen LogP) is 4.35. The fraction of sp³-hybridized carbons (Fsp3) is 0.333. The van der Waals surface area contributed by atoms with E-state index in [4.69, 9.17) is 0 Å². The van der Waals surface area contributed by atoms with Crippen LogP contribution in [0.1, 0.15) is 43.0 Å². The van der Waals surface area contributed by atoms with Crippen molar-refractivity contribution < 1.29 is 5.11 Å². The third kappa shape index (κ3) is 3.80. The Bertz CT molecular complexity index is 719. The molecular weight excluding hydrogens is 296 g/mol. The van der Waals surface area contributed by atoms with Crippen LogP contribution in [0.2, 0.25) is 0 Å². The normalized spacial score (nSPS) is 20.6. The van der Waals surface area contributed by atoms with Crippen molar-refractivity contribution in [2.75, 3.05) is 0 Å². The molecule has 2 aromatic rings. The Labute approximate surface area is 144 Å². The number of benzene rings is 2. The number of phenolic OH excluding ortho intramolecular Hbond substituents is 1. The van der Waals surface area contributed by atoms with E-state index >= 15 is 0 Å². The van der Waals surface area contributed by atoms with Crippen LogP contribution in [0, 0.1) is 12.8 Å². The van der Waals surface area contributed by atoms with Gasteiger partial charge in [0.25, 0.3) is 0 Å². The second kappa shape index (κ2) is 7.10. The molecule has 0 bridgehead atoms. The van der Waals surface area contributed by atoms with Gasteiger partial charge in [-0.05, 0) is 37.0 Å². The molecule has 126 valence electrons. The lowest BCUT2D eigenvalue weighted by Crippen LogP contribution is -2.47. The average Bonchev–Trinajstić information content (AvgIpc) is 2.55. The minimum absolute atomic E-state index is 0.00694. The van der Waals surface area contributed by atoms with Crippen LogP contribution in [0.3, 0.4) is 0 Å².